The molecule has 2 aromatic rings. The number of rotatable bonds is 11. The Hall–Kier alpha value is -3.78. The lowest BCUT2D eigenvalue weighted by molar-refractivity contribution is -0.139. The van der Waals surface area contributed by atoms with Crippen LogP contribution in [0.15, 0.2) is 54.6 Å². The van der Waals surface area contributed by atoms with Crippen molar-refractivity contribution in [2.45, 2.75) is 19.4 Å². The molecule has 36 heavy (non-hydrogen) atoms. The van der Waals surface area contributed by atoms with Crippen molar-refractivity contribution in [3.63, 3.8) is 0 Å². The molecule has 1 heterocycles. The van der Waals surface area contributed by atoms with Gasteiger partial charge in [-0.05, 0) is 75.4 Å². The molecule has 0 bridgehead atoms. The first-order valence-electron chi connectivity index (χ1n) is 11.7. The van der Waals surface area contributed by atoms with Gasteiger partial charge < -0.3 is 29.1 Å². The molecular weight excluding hydrogens is 460 g/mol. The predicted octanol–water partition coefficient (Wildman–Crippen LogP) is 3.95. The van der Waals surface area contributed by atoms with Crippen LogP contribution < -0.4 is 14.2 Å². The maximum atomic E-state index is 13.3. The summed E-state index contributed by atoms with van der Waals surface area (Å²) in [6.45, 7) is 6.90. The first-order chi connectivity index (χ1) is 17.2. The van der Waals surface area contributed by atoms with Gasteiger partial charge in [0.15, 0.2) is 11.5 Å². The number of hydrogen-bond acceptors (Lipinski definition) is 7. The Morgan fingerprint density at radius 3 is 2.39 bits per heavy atom. The minimum absolute atomic E-state index is 0.0382. The molecule has 1 aliphatic rings. The van der Waals surface area contributed by atoms with Crippen LogP contribution in [-0.2, 0) is 9.59 Å². The fraction of sp³-hybridized carbons (Fsp3) is 0.357. The van der Waals surface area contributed by atoms with Gasteiger partial charge >= 0.3 is 0 Å². The number of aliphatic hydroxyl groups is 1. The van der Waals surface area contributed by atoms with Crippen LogP contribution in [0.2, 0.25) is 0 Å². The van der Waals surface area contributed by atoms with Crippen molar-refractivity contribution in [3.8, 4) is 17.2 Å². The SMILES string of the molecule is C=CCOc1ccc([C@@H]2C(=C(O)c3ccc(OC)c(C)c3)C(=O)C(=O)N2CCCN(C)C)cc1OC. The van der Waals surface area contributed by atoms with Crippen molar-refractivity contribution in [1.29, 1.82) is 0 Å². The molecule has 1 N–H and O–H groups in total. The number of nitrogens with zero attached hydrogens (tertiary/aromatic N) is 2. The third kappa shape index (κ3) is 5.54. The average molecular weight is 495 g/mol. The van der Waals surface area contributed by atoms with Crippen molar-refractivity contribution in [1.82, 2.24) is 9.80 Å². The van der Waals surface area contributed by atoms with Crippen molar-refractivity contribution >= 4 is 17.4 Å². The molecule has 0 spiro atoms. The number of carbonyl (C=O) groups is 2. The molecule has 1 atom stereocenters. The number of ether oxygens (including phenoxy) is 3. The number of ketones is 1. The molecule has 1 fully saturated rings. The Bertz CT molecular complexity index is 1170. The predicted molar refractivity (Wildman–Crippen MR) is 139 cm³/mol. The smallest absolute Gasteiger partial charge is 0.295 e. The van der Waals surface area contributed by atoms with E-state index in [1.807, 2.05) is 25.9 Å². The average Bonchev–Trinajstić information content (AvgIpc) is 3.11. The van der Waals surface area contributed by atoms with E-state index in [0.717, 1.165) is 12.1 Å². The molecule has 3 rings (SSSR count). The molecular formula is C28H34N2O6. The highest BCUT2D eigenvalue weighted by Gasteiger charge is 2.46. The summed E-state index contributed by atoms with van der Waals surface area (Å²) in [4.78, 5) is 30.0. The van der Waals surface area contributed by atoms with E-state index in [9.17, 15) is 14.7 Å². The van der Waals surface area contributed by atoms with Crippen LogP contribution in [0.1, 0.15) is 29.2 Å². The van der Waals surface area contributed by atoms with Crippen LogP contribution in [0.4, 0.5) is 0 Å². The number of hydrogen-bond donors (Lipinski definition) is 1. The van der Waals surface area contributed by atoms with Gasteiger partial charge in [0.1, 0.15) is 18.1 Å². The number of aliphatic hydroxyl groups excluding tert-OH is 1. The maximum absolute atomic E-state index is 13.3. The van der Waals surface area contributed by atoms with Crippen molar-refractivity contribution in [2.24, 2.45) is 0 Å². The maximum Gasteiger partial charge on any atom is 0.295 e. The summed E-state index contributed by atoms with van der Waals surface area (Å²) in [5, 5.41) is 11.3. The lowest BCUT2D eigenvalue weighted by atomic mass is 9.94. The van der Waals surface area contributed by atoms with E-state index in [4.69, 9.17) is 14.2 Å². The zero-order chi connectivity index (χ0) is 26.4. The van der Waals surface area contributed by atoms with Crippen LogP contribution in [0, 0.1) is 6.92 Å². The van der Waals surface area contributed by atoms with Crippen LogP contribution in [0.5, 0.6) is 17.2 Å². The van der Waals surface area contributed by atoms with E-state index < -0.39 is 17.7 Å². The molecule has 0 radical (unpaired) electrons. The van der Waals surface area contributed by atoms with Gasteiger partial charge in [-0.1, -0.05) is 18.7 Å². The third-order valence-electron chi connectivity index (χ3n) is 6.07. The molecule has 8 nitrogen and oxygen atoms in total. The number of Topliss-reactive ketones (excluding diaryl/α,β-unsaturated/α-hetero) is 1. The van der Waals surface area contributed by atoms with Crippen molar-refractivity contribution < 1.29 is 28.9 Å². The number of aryl methyl sites for hydroxylation is 1. The molecule has 1 aliphatic heterocycles. The second kappa shape index (κ2) is 11.8. The number of carbonyl (C=O) groups excluding carboxylic acids is 2. The highest BCUT2D eigenvalue weighted by molar-refractivity contribution is 6.46. The standard InChI is InChI=1S/C28H34N2O6/c1-7-15-36-22-12-9-19(17-23(22)35-6)25-24(26(31)20-10-11-21(34-5)18(2)16-20)27(32)28(33)30(25)14-8-13-29(3)4/h7,9-12,16-17,25,31H,1,8,13-15H2,2-6H3/t25-/m1/s1. The van der Waals surface area contributed by atoms with Crippen LogP contribution in [0.3, 0.4) is 0 Å². The summed E-state index contributed by atoms with van der Waals surface area (Å²) < 4.78 is 16.5. The van der Waals surface area contributed by atoms with Gasteiger partial charge in [0.05, 0.1) is 25.8 Å². The van der Waals surface area contributed by atoms with Gasteiger partial charge in [-0.15, -0.1) is 0 Å². The lowest BCUT2D eigenvalue weighted by Crippen LogP contribution is -2.32. The zero-order valence-corrected chi connectivity index (χ0v) is 21.5. The quantitative estimate of drug-likeness (QED) is 0.219. The van der Waals surface area contributed by atoms with E-state index in [2.05, 4.69) is 6.58 Å². The summed E-state index contributed by atoms with van der Waals surface area (Å²) in [6.07, 6.45) is 2.29. The van der Waals surface area contributed by atoms with Gasteiger partial charge in [0, 0.05) is 12.1 Å². The molecule has 1 saturated heterocycles. The molecule has 0 aromatic heterocycles. The highest BCUT2D eigenvalue weighted by atomic mass is 16.5. The van der Waals surface area contributed by atoms with Gasteiger partial charge in [-0.2, -0.15) is 0 Å². The van der Waals surface area contributed by atoms with E-state index in [1.165, 1.54) is 12.0 Å². The molecule has 1 amide bonds. The Balaban J connectivity index is 2.14. The fourth-order valence-corrected chi connectivity index (χ4v) is 4.32. The topological polar surface area (TPSA) is 88.5 Å². The van der Waals surface area contributed by atoms with Gasteiger partial charge in [0.25, 0.3) is 11.7 Å². The summed E-state index contributed by atoms with van der Waals surface area (Å²) in [5.74, 6) is 0.0283. The van der Waals surface area contributed by atoms with E-state index in [1.54, 1.807) is 49.6 Å². The number of amides is 1. The highest BCUT2D eigenvalue weighted by Crippen LogP contribution is 2.42. The molecule has 0 unspecified atom stereocenters. The Labute approximate surface area is 212 Å². The first kappa shape index (κ1) is 26.8. The van der Waals surface area contributed by atoms with Crippen LogP contribution in [0.25, 0.3) is 5.76 Å². The molecule has 0 saturated carbocycles. The molecule has 0 aliphatic carbocycles. The monoisotopic (exact) mass is 494 g/mol. The molecule has 2 aromatic carbocycles. The fourth-order valence-electron chi connectivity index (χ4n) is 4.32. The summed E-state index contributed by atoms with van der Waals surface area (Å²) in [6, 6.07) is 9.60. The lowest BCUT2D eigenvalue weighted by Gasteiger charge is -2.26. The van der Waals surface area contributed by atoms with Crippen LogP contribution in [-0.4, -0.2) is 74.6 Å². The van der Waals surface area contributed by atoms with E-state index in [-0.39, 0.29) is 11.3 Å². The minimum Gasteiger partial charge on any atom is -0.507 e. The Morgan fingerprint density at radius 2 is 1.78 bits per heavy atom. The van der Waals surface area contributed by atoms with Crippen molar-refractivity contribution in [3.05, 3.63) is 71.3 Å². The summed E-state index contributed by atoms with van der Waals surface area (Å²) in [7, 11) is 6.99. The second-order valence-electron chi connectivity index (χ2n) is 8.84. The van der Waals surface area contributed by atoms with Gasteiger partial charge in [-0.3, -0.25) is 9.59 Å². The van der Waals surface area contributed by atoms with E-state index >= 15 is 0 Å². The number of benzene rings is 2. The van der Waals surface area contributed by atoms with E-state index in [0.29, 0.717) is 47.9 Å². The van der Waals surface area contributed by atoms with Crippen molar-refractivity contribution in [2.75, 3.05) is 48.0 Å². The Morgan fingerprint density at radius 1 is 1.08 bits per heavy atom. The first-order valence-corrected chi connectivity index (χ1v) is 11.7. The summed E-state index contributed by atoms with van der Waals surface area (Å²) >= 11 is 0. The third-order valence-corrected chi connectivity index (χ3v) is 6.07. The zero-order valence-electron chi connectivity index (χ0n) is 21.5. The minimum atomic E-state index is -0.781. The van der Waals surface area contributed by atoms with Gasteiger partial charge in [0.2, 0.25) is 0 Å². The Kier molecular flexibility index (Phi) is 8.77. The van der Waals surface area contributed by atoms with Gasteiger partial charge in [-0.25, -0.2) is 0 Å². The summed E-state index contributed by atoms with van der Waals surface area (Å²) in [5.41, 5.74) is 1.90. The molecule has 8 heteroatoms. The van der Waals surface area contributed by atoms with Crippen LogP contribution >= 0.6 is 0 Å². The largest absolute Gasteiger partial charge is 0.507 e. The molecule has 192 valence electrons. The number of methoxy groups -OCH3 is 2. The second-order valence-corrected chi connectivity index (χ2v) is 8.84. The number of likely N-dealkylation sites (tertiary alicyclic amines) is 1. The normalized spacial score (nSPS) is 16.9.